The van der Waals surface area contributed by atoms with E-state index in [0.717, 1.165) is 6.07 Å². The zero-order valence-corrected chi connectivity index (χ0v) is 9.44. The summed E-state index contributed by atoms with van der Waals surface area (Å²) in [6.45, 7) is 2.37. The molecular formula is C10H12BrF2N. The fourth-order valence-corrected chi connectivity index (χ4v) is 1.68. The van der Waals surface area contributed by atoms with Gasteiger partial charge in [-0.1, -0.05) is 6.92 Å². The third-order valence-corrected chi connectivity index (χ3v) is 2.78. The standard InChI is InChI=1S/C10H12BrF2N/c1-6(2-3-14)7-4-8(11)10(13)5-9(7)12/h4-6H,2-3,14H2,1H3. The molecule has 0 aliphatic rings. The molecule has 2 N–H and O–H groups in total. The van der Waals surface area contributed by atoms with Crippen LogP contribution in [0.3, 0.4) is 0 Å². The molecule has 0 spiro atoms. The molecule has 0 radical (unpaired) electrons. The Morgan fingerprint density at radius 2 is 2.00 bits per heavy atom. The quantitative estimate of drug-likeness (QED) is 0.833. The van der Waals surface area contributed by atoms with Crippen LogP contribution in [0.1, 0.15) is 24.8 Å². The molecule has 0 heterocycles. The van der Waals surface area contributed by atoms with Gasteiger partial charge in [-0.25, -0.2) is 8.78 Å². The van der Waals surface area contributed by atoms with Gasteiger partial charge in [0.15, 0.2) is 0 Å². The maximum Gasteiger partial charge on any atom is 0.140 e. The van der Waals surface area contributed by atoms with Crippen LogP contribution < -0.4 is 5.73 Å². The molecular weight excluding hydrogens is 252 g/mol. The van der Waals surface area contributed by atoms with E-state index in [1.165, 1.54) is 6.07 Å². The highest BCUT2D eigenvalue weighted by atomic mass is 79.9. The van der Waals surface area contributed by atoms with Crippen molar-refractivity contribution in [2.75, 3.05) is 6.54 Å². The molecule has 1 aromatic rings. The molecule has 1 unspecified atom stereocenters. The largest absolute Gasteiger partial charge is 0.330 e. The monoisotopic (exact) mass is 263 g/mol. The molecule has 1 rings (SSSR count). The van der Waals surface area contributed by atoms with Gasteiger partial charge < -0.3 is 5.73 Å². The summed E-state index contributed by atoms with van der Waals surface area (Å²) >= 11 is 3.03. The van der Waals surface area contributed by atoms with Crippen LogP contribution in [-0.2, 0) is 0 Å². The van der Waals surface area contributed by atoms with Crippen LogP contribution in [0.25, 0.3) is 0 Å². The second kappa shape index (κ2) is 4.84. The van der Waals surface area contributed by atoms with Crippen molar-refractivity contribution in [3.8, 4) is 0 Å². The van der Waals surface area contributed by atoms with Crippen molar-refractivity contribution in [3.05, 3.63) is 33.8 Å². The smallest absolute Gasteiger partial charge is 0.140 e. The molecule has 0 amide bonds. The minimum atomic E-state index is -0.578. The molecule has 0 aromatic heterocycles. The summed E-state index contributed by atoms with van der Waals surface area (Å²) in [5.41, 5.74) is 5.88. The number of hydrogen-bond acceptors (Lipinski definition) is 1. The summed E-state index contributed by atoms with van der Waals surface area (Å²) in [6.07, 6.45) is 0.689. The van der Waals surface area contributed by atoms with Crippen molar-refractivity contribution in [3.63, 3.8) is 0 Å². The normalized spacial score (nSPS) is 12.9. The maximum atomic E-state index is 13.3. The Bertz CT molecular complexity index is 328. The fraction of sp³-hybridized carbons (Fsp3) is 0.400. The molecule has 0 fully saturated rings. The number of hydrogen-bond donors (Lipinski definition) is 1. The van der Waals surface area contributed by atoms with Gasteiger partial charge >= 0.3 is 0 Å². The molecule has 14 heavy (non-hydrogen) atoms. The molecule has 1 atom stereocenters. The van der Waals surface area contributed by atoms with Gasteiger partial charge in [0.25, 0.3) is 0 Å². The van der Waals surface area contributed by atoms with Crippen LogP contribution >= 0.6 is 15.9 Å². The van der Waals surface area contributed by atoms with E-state index >= 15 is 0 Å². The van der Waals surface area contributed by atoms with Gasteiger partial charge in [-0.15, -0.1) is 0 Å². The van der Waals surface area contributed by atoms with E-state index in [2.05, 4.69) is 15.9 Å². The summed E-state index contributed by atoms with van der Waals surface area (Å²) in [6, 6.07) is 2.37. The molecule has 78 valence electrons. The molecule has 0 aliphatic heterocycles. The highest BCUT2D eigenvalue weighted by molar-refractivity contribution is 9.10. The fourth-order valence-electron chi connectivity index (χ4n) is 1.32. The zero-order valence-electron chi connectivity index (χ0n) is 7.86. The highest BCUT2D eigenvalue weighted by Gasteiger charge is 2.13. The van der Waals surface area contributed by atoms with E-state index < -0.39 is 11.6 Å². The maximum absolute atomic E-state index is 13.3. The Morgan fingerprint density at radius 1 is 1.36 bits per heavy atom. The van der Waals surface area contributed by atoms with Crippen LogP contribution in [0.2, 0.25) is 0 Å². The first-order valence-corrected chi connectivity index (χ1v) is 5.20. The van der Waals surface area contributed by atoms with E-state index in [1.807, 2.05) is 6.92 Å². The number of rotatable bonds is 3. The Balaban J connectivity index is 3.02. The Labute approximate surface area is 90.4 Å². The lowest BCUT2D eigenvalue weighted by Crippen LogP contribution is -2.06. The van der Waals surface area contributed by atoms with Crippen molar-refractivity contribution in [1.29, 1.82) is 0 Å². The van der Waals surface area contributed by atoms with Gasteiger partial charge in [0, 0.05) is 6.07 Å². The zero-order chi connectivity index (χ0) is 10.7. The number of benzene rings is 1. The van der Waals surface area contributed by atoms with E-state index in [1.54, 1.807) is 0 Å². The van der Waals surface area contributed by atoms with Crippen molar-refractivity contribution >= 4 is 15.9 Å². The van der Waals surface area contributed by atoms with Gasteiger partial charge in [-0.2, -0.15) is 0 Å². The summed E-state index contributed by atoms with van der Waals surface area (Å²) in [5, 5.41) is 0. The average molecular weight is 264 g/mol. The van der Waals surface area contributed by atoms with Crippen molar-refractivity contribution in [2.24, 2.45) is 5.73 Å². The molecule has 4 heteroatoms. The third kappa shape index (κ3) is 2.51. The SMILES string of the molecule is CC(CCN)c1cc(Br)c(F)cc1F. The number of nitrogens with two attached hydrogens (primary N) is 1. The van der Waals surface area contributed by atoms with Crippen molar-refractivity contribution in [2.45, 2.75) is 19.3 Å². The van der Waals surface area contributed by atoms with E-state index in [9.17, 15) is 8.78 Å². The van der Waals surface area contributed by atoms with Crippen LogP contribution in [0.15, 0.2) is 16.6 Å². The Hall–Kier alpha value is -0.480. The molecule has 1 nitrogen and oxygen atoms in total. The lowest BCUT2D eigenvalue weighted by atomic mass is 9.97. The summed E-state index contributed by atoms with van der Waals surface area (Å²) in [5.74, 6) is -1.07. The topological polar surface area (TPSA) is 26.0 Å². The summed E-state index contributed by atoms with van der Waals surface area (Å²) < 4.78 is 26.5. The molecule has 0 saturated heterocycles. The molecule has 0 bridgehead atoms. The first kappa shape index (κ1) is 11.6. The summed E-state index contributed by atoms with van der Waals surface area (Å²) in [4.78, 5) is 0. The van der Waals surface area contributed by atoms with Gasteiger partial charge in [-0.05, 0) is 46.4 Å². The Kier molecular flexibility index (Phi) is 4.01. The van der Waals surface area contributed by atoms with Crippen LogP contribution in [0.5, 0.6) is 0 Å². The minimum Gasteiger partial charge on any atom is -0.330 e. The van der Waals surface area contributed by atoms with Gasteiger partial charge in [-0.3, -0.25) is 0 Å². The first-order chi connectivity index (χ1) is 6.56. The van der Waals surface area contributed by atoms with Crippen LogP contribution in [0, 0.1) is 11.6 Å². The van der Waals surface area contributed by atoms with Crippen LogP contribution in [-0.4, -0.2) is 6.54 Å². The van der Waals surface area contributed by atoms with E-state index in [4.69, 9.17) is 5.73 Å². The first-order valence-electron chi connectivity index (χ1n) is 4.40. The van der Waals surface area contributed by atoms with Crippen molar-refractivity contribution < 1.29 is 8.78 Å². The van der Waals surface area contributed by atoms with E-state index in [0.29, 0.717) is 18.5 Å². The van der Waals surface area contributed by atoms with E-state index in [-0.39, 0.29) is 10.4 Å². The summed E-state index contributed by atoms with van der Waals surface area (Å²) in [7, 11) is 0. The van der Waals surface area contributed by atoms with Gasteiger partial charge in [0.05, 0.1) is 4.47 Å². The third-order valence-electron chi connectivity index (χ3n) is 2.17. The van der Waals surface area contributed by atoms with Crippen LogP contribution in [0.4, 0.5) is 8.78 Å². The average Bonchev–Trinajstić information content (AvgIpc) is 2.11. The second-order valence-electron chi connectivity index (χ2n) is 3.27. The predicted octanol–water partition coefficient (Wildman–Crippen LogP) is 3.18. The molecule has 0 aliphatic carbocycles. The predicted molar refractivity (Wildman–Crippen MR) is 56.1 cm³/mol. The highest BCUT2D eigenvalue weighted by Crippen LogP contribution is 2.27. The van der Waals surface area contributed by atoms with Crippen molar-refractivity contribution in [1.82, 2.24) is 0 Å². The second-order valence-corrected chi connectivity index (χ2v) is 4.12. The number of halogens is 3. The minimum absolute atomic E-state index is 0.0110. The molecule has 0 saturated carbocycles. The lowest BCUT2D eigenvalue weighted by Gasteiger charge is -2.12. The molecule has 1 aromatic carbocycles. The van der Waals surface area contributed by atoms with Gasteiger partial charge in [0.2, 0.25) is 0 Å². The Morgan fingerprint density at radius 3 is 2.57 bits per heavy atom. The van der Waals surface area contributed by atoms with Gasteiger partial charge in [0.1, 0.15) is 11.6 Å². The lowest BCUT2D eigenvalue weighted by molar-refractivity contribution is 0.549.